The van der Waals surface area contributed by atoms with E-state index in [1.165, 1.54) is 0 Å². The Morgan fingerprint density at radius 1 is 1.53 bits per heavy atom. The summed E-state index contributed by atoms with van der Waals surface area (Å²) in [7, 11) is 0. The maximum absolute atomic E-state index is 11.5. The molecule has 1 N–H and O–H groups in total. The summed E-state index contributed by atoms with van der Waals surface area (Å²) in [5.41, 5.74) is -0.454. The summed E-state index contributed by atoms with van der Waals surface area (Å²) in [5.74, 6) is 0.933. The average molecular weight is 239 g/mol. The van der Waals surface area contributed by atoms with Crippen LogP contribution in [-0.4, -0.2) is 17.7 Å². The molecule has 0 spiro atoms. The topological polar surface area (TPSA) is 51.5 Å². The van der Waals surface area contributed by atoms with Gasteiger partial charge >= 0.3 is 6.09 Å². The molecule has 0 aliphatic carbocycles. The van der Waals surface area contributed by atoms with Crippen LogP contribution in [0.4, 0.5) is 4.79 Å². The monoisotopic (exact) mass is 239 g/mol. The largest absolute Gasteiger partial charge is 0.469 e. The molecular formula is C13H21NO3. The molecule has 0 bridgehead atoms. The van der Waals surface area contributed by atoms with Gasteiger partial charge in [0.2, 0.25) is 0 Å². The smallest absolute Gasteiger partial charge is 0.407 e. The van der Waals surface area contributed by atoms with Crippen LogP contribution in [0.5, 0.6) is 0 Å². The number of carbonyl (C=O) groups excluding carboxylic acids is 1. The summed E-state index contributed by atoms with van der Waals surface area (Å²) in [6, 6.07) is 3.86. The number of hydrogen-bond donors (Lipinski definition) is 1. The quantitative estimate of drug-likeness (QED) is 0.878. The third-order valence-corrected chi connectivity index (χ3v) is 2.17. The lowest BCUT2D eigenvalue weighted by atomic mass is 10.1. The number of alkyl carbamates (subject to hydrolysis) is 1. The van der Waals surface area contributed by atoms with E-state index in [0.717, 1.165) is 18.6 Å². The number of furan rings is 1. The lowest BCUT2D eigenvalue weighted by Gasteiger charge is -2.21. The Morgan fingerprint density at radius 2 is 2.24 bits per heavy atom. The summed E-state index contributed by atoms with van der Waals surface area (Å²) < 4.78 is 10.4. The molecule has 1 atom stereocenters. The highest BCUT2D eigenvalue weighted by molar-refractivity contribution is 5.67. The van der Waals surface area contributed by atoms with Crippen LogP contribution in [0.15, 0.2) is 22.8 Å². The first-order valence-electron chi connectivity index (χ1n) is 5.89. The fraction of sp³-hybridized carbons (Fsp3) is 0.615. The van der Waals surface area contributed by atoms with Crippen LogP contribution in [-0.2, 0) is 11.2 Å². The predicted octanol–water partition coefficient (Wildman–Crippen LogP) is 3.13. The number of carbonyl (C=O) groups is 1. The zero-order chi connectivity index (χ0) is 12.9. The molecule has 1 aromatic rings. The molecule has 0 saturated carbocycles. The molecule has 1 amide bonds. The molecule has 4 nitrogen and oxygen atoms in total. The molecular weight excluding hydrogens is 218 g/mol. The Labute approximate surface area is 102 Å². The number of nitrogens with one attached hydrogen (secondary N) is 1. The molecule has 96 valence electrons. The first-order valence-corrected chi connectivity index (χ1v) is 5.89. The number of hydrogen-bond acceptors (Lipinski definition) is 3. The molecule has 1 unspecified atom stereocenters. The highest BCUT2D eigenvalue weighted by atomic mass is 16.6. The van der Waals surface area contributed by atoms with Crippen LogP contribution >= 0.6 is 0 Å². The highest BCUT2D eigenvalue weighted by Crippen LogP contribution is 2.08. The normalized spacial score (nSPS) is 13.2. The van der Waals surface area contributed by atoms with Crippen molar-refractivity contribution in [3.05, 3.63) is 24.2 Å². The van der Waals surface area contributed by atoms with Crippen molar-refractivity contribution in [1.29, 1.82) is 0 Å². The first kappa shape index (κ1) is 13.6. The van der Waals surface area contributed by atoms with Crippen molar-refractivity contribution in [2.24, 2.45) is 0 Å². The third-order valence-electron chi connectivity index (χ3n) is 2.17. The van der Waals surface area contributed by atoms with E-state index >= 15 is 0 Å². The molecule has 4 heteroatoms. The van der Waals surface area contributed by atoms with Gasteiger partial charge in [-0.2, -0.15) is 0 Å². The van der Waals surface area contributed by atoms with Gasteiger partial charge in [-0.15, -0.1) is 0 Å². The summed E-state index contributed by atoms with van der Waals surface area (Å²) in [6.07, 6.45) is 2.92. The zero-order valence-corrected chi connectivity index (χ0v) is 10.9. The maximum atomic E-state index is 11.5. The van der Waals surface area contributed by atoms with E-state index in [1.54, 1.807) is 6.26 Å². The highest BCUT2D eigenvalue weighted by Gasteiger charge is 2.17. The minimum absolute atomic E-state index is 0.0648. The van der Waals surface area contributed by atoms with E-state index in [1.807, 2.05) is 39.8 Å². The van der Waals surface area contributed by atoms with Gasteiger partial charge < -0.3 is 14.5 Å². The minimum atomic E-state index is -0.454. The van der Waals surface area contributed by atoms with E-state index in [-0.39, 0.29) is 12.1 Å². The lowest BCUT2D eigenvalue weighted by molar-refractivity contribution is 0.0506. The van der Waals surface area contributed by atoms with Crippen LogP contribution in [0.2, 0.25) is 0 Å². The molecule has 1 rings (SSSR count). The van der Waals surface area contributed by atoms with Crippen molar-refractivity contribution in [2.75, 3.05) is 0 Å². The van der Waals surface area contributed by atoms with Crippen molar-refractivity contribution in [3.63, 3.8) is 0 Å². The Hall–Kier alpha value is -1.45. The van der Waals surface area contributed by atoms with E-state index in [9.17, 15) is 4.79 Å². The summed E-state index contributed by atoms with van der Waals surface area (Å²) >= 11 is 0. The fourth-order valence-electron chi connectivity index (χ4n) is 1.39. The van der Waals surface area contributed by atoms with Gasteiger partial charge in [-0.3, -0.25) is 0 Å². The van der Waals surface area contributed by atoms with Gasteiger partial charge in [0.25, 0.3) is 0 Å². The van der Waals surface area contributed by atoms with Crippen molar-refractivity contribution < 1.29 is 13.9 Å². The minimum Gasteiger partial charge on any atom is -0.469 e. The molecule has 1 aromatic heterocycles. The Balaban J connectivity index is 2.25. The van der Waals surface area contributed by atoms with Crippen molar-refractivity contribution in [1.82, 2.24) is 5.32 Å². The van der Waals surface area contributed by atoms with Gasteiger partial charge in [-0.05, 0) is 46.2 Å². The summed E-state index contributed by atoms with van der Waals surface area (Å²) in [4.78, 5) is 11.5. The standard InChI is InChI=1S/C13H21NO3/c1-10(7-8-11-6-5-9-16-11)14-12(15)17-13(2,3)4/h5-6,9-10H,7-8H2,1-4H3,(H,14,15). The van der Waals surface area contributed by atoms with Crippen LogP contribution in [0.25, 0.3) is 0 Å². The van der Waals surface area contributed by atoms with Gasteiger partial charge in [-0.25, -0.2) is 4.79 Å². The molecule has 0 fully saturated rings. The Kier molecular flexibility index (Phi) is 4.61. The lowest BCUT2D eigenvalue weighted by Crippen LogP contribution is -2.37. The number of rotatable bonds is 4. The molecule has 0 saturated heterocycles. The number of aryl methyl sites for hydroxylation is 1. The van der Waals surface area contributed by atoms with E-state index < -0.39 is 5.60 Å². The number of ether oxygens (including phenoxy) is 1. The third kappa shape index (κ3) is 6.00. The maximum Gasteiger partial charge on any atom is 0.407 e. The SMILES string of the molecule is CC(CCc1ccco1)NC(=O)OC(C)(C)C. The molecule has 0 aliphatic rings. The van der Waals surface area contributed by atoms with Gasteiger partial charge in [0.15, 0.2) is 0 Å². The Morgan fingerprint density at radius 3 is 2.76 bits per heavy atom. The molecule has 0 aromatic carbocycles. The molecule has 0 aliphatic heterocycles. The zero-order valence-electron chi connectivity index (χ0n) is 10.9. The second-order valence-electron chi connectivity index (χ2n) is 5.17. The second kappa shape index (κ2) is 5.75. The van der Waals surface area contributed by atoms with Gasteiger partial charge in [0, 0.05) is 12.5 Å². The van der Waals surface area contributed by atoms with Gasteiger partial charge in [-0.1, -0.05) is 0 Å². The summed E-state index contributed by atoms with van der Waals surface area (Å²) in [6.45, 7) is 7.49. The van der Waals surface area contributed by atoms with E-state index in [2.05, 4.69) is 5.32 Å². The van der Waals surface area contributed by atoms with Crippen molar-refractivity contribution >= 4 is 6.09 Å². The number of amides is 1. The van der Waals surface area contributed by atoms with E-state index in [4.69, 9.17) is 9.15 Å². The van der Waals surface area contributed by atoms with Crippen molar-refractivity contribution in [3.8, 4) is 0 Å². The second-order valence-corrected chi connectivity index (χ2v) is 5.17. The van der Waals surface area contributed by atoms with E-state index in [0.29, 0.717) is 0 Å². The first-order chi connectivity index (χ1) is 7.87. The van der Waals surface area contributed by atoms with Crippen molar-refractivity contribution in [2.45, 2.75) is 52.2 Å². The van der Waals surface area contributed by atoms with Crippen LogP contribution < -0.4 is 5.32 Å². The van der Waals surface area contributed by atoms with Crippen LogP contribution in [0, 0.1) is 0 Å². The van der Waals surface area contributed by atoms with Gasteiger partial charge in [0.1, 0.15) is 11.4 Å². The molecule has 0 radical (unpaired) electrons. The predicted molar refractivity (Wildman–Crippen MR) is 65.9 cm³/mol. The average Bonchev–Trinajstić information content (AvgIpc) is 2.63. The molecule has 1 heterocycles. The molecule has 17 heavy (non-hydrogen) atoms. The fourth-order valence-corrected chi connectivity index (χ4v) is 1.39. The van der Waals surface area contributed by atoms with Crippen LogP contribution in [0.1, 0.15) is 39.9 Å². The summed E-state index contributed by atoms with van der Waals surface area (Å²) in [5, 5.41) is 2.80. The van der Waals surface area contributed by atoms with Crippen LogP contribution in [0.3, 0.4) is 0 Å². The Bertz CT molecular complexity index is 338. The van der Waals surface area contributed by atoms with Gasteiger partial charge in [0.05, 0.1) is 6.26 Å².